The monoisotopic (exact) mass is 1370 g/mol. The van der Waals surface area contributed by atoms with Crippen LogP contribution in [0.3, 0.4) is 0 Å². The highest BCUT2D eigenvalue weighted by atomic mass is 16.3. The third kappa shape index (κ3) is 11.2. The second kappa shape index (κ2) is 24.4. The number of hydrogen-bond donors (Lipinski definition) is 0. The molecular weight excluding hydrogens is 1280 g/mol. The second-order valence-corrected chi connectivity index (χ2v) is 34.2. The predicted molar refractivity (Wildman–Crippen MR) is 443 cm³/mol. The fourth-order valence-electron chi connectivity index (χ4n) is 16.4. The molecule has 1 aliphatic rings. The van der Waals surface area contributed by atoms with E-state index in [-0.39, 0.29) is 27.1 Å². The number of anilines is 9. The van der Waals surface area contributed by atoms with Crippen LogP contribution in [0.2, 0.25) is 0 Å². The van der Waals surface area contributed by atoms with Gasteiger partial charge in [-0.1, -0.05) is 274 Å². The van der Waals surface area contributed by atoms with E-state index < -0.39 is 5.41 Å². The normalized spacial score (nSPS) is 14.3. The Hall–Kier alpha value is -11.3. The summed E-state index contributed by atoms with van der Waals surface area (Å²) in [5.74, 6) is 0. The smallest absolute Gasteiger partial charge is 0.160 e. The number of furan rings is 3. The molecule has 0 fully saturated rings. The summed E-state index contributed by atoms with van der Waals surface area (Å²) in [5.41, 5.74) is 25.4. The van der Waals surface area contributed by atoms with E-state index in [0.717, 1.165) is 150 Å². The van der Waals surface area contributed by atoms with Gasteiger partial charge in [0.25, 0.3) is 0 Å². The van der Waals surface area contributed by atoms with Gasteiger partial charge < -0.3 is 28.0 Å². The van der Waals surface area contributed by atoms with E-state index in [2.05, 4.69) is 398 Å². The van der Waals surface area contributed by atoms with E-state index in [9.17, 15) is 0 Å². The average Bonchev–Trinajstić information content (AvgIpc) is 1.51. The topological polar surface area (TPSA) is 49.1 Å². The Labute approximate surface area is 617 Å². The first-order valence-corrected chi connectivity index (χ1v) is 37.2. The summed E-state index contributed by atoms with van der Waals surface area (Å²) in [7, 11) is 0. The average molecular weight is 1370 g/mol. The first kappa shape index (κ1) is 66.9. The van der Waals surface area contributed by atoms with Crippen LogP contribution in [0.4, 0.5) is 51.2 Å². The lowest BCUT2D eigenvalue weighted by molar-refractivity contribution is 0.589. The lowest BCUT2D eigenvalue weighted by Crippen LogP contribution is -2.29. The van der Waals surface area contributed by atoms with Crippen molar-refractivity contribution >= 4 is 117 Å². The molecule has 0 bridgehead atoms. The summed E-state index contributed by atoms with van der Waals surface area (Å²) in [6.07, 6.45) is 0. The van der Waals surface area contributed by atoms with E-state index in [1.807, 2.05) is 0 Å². The fraction of sp³-hybridized carbons (Fsp3) is 0.212. The second-order valence-electron chi connectivity index (χ2n) is 34.2. The maximum absolute atomic E-state index is 7.59. The summed E-state index contributed by atoms with van der Waals surface area (Å²) in [6.45, 7) is 34.3. The van der Waals surface area contributed by atoms with Crippen molar-refractivity contribution in [3.8, 4) is 11.1 Å². The SMILES string of the molecule is CC(C)(C)c1ccc(N(c2ccc(C(C)(C)C)cc2)c2ccc(C3(c4ccc(C(C)(C)C)cc4)c4cc(N(c5ccc(C(C)(C)C)cc5)c5cccc6c5oc5ccccc56)ccc4-c4c3cc(N(c3ccc(C(C)(C)C)cc3)c3cccc5c3oc3ccccc35)c3oc5ccccc5c43)cc2)cc1. The Morgan fingerprint density at radius 3 is 1.00 bits per heavy atom. The van der Waals surface area contributed by atoms with Gasteiger partial charge in [-0.2, -0.15) is 0 Å². The molecular formula is C99H91N3O3. The predicted octanol–water partition coefficient (Wildman–Crippen LogP) is 28.6. The minimum atomic E-state index is -1.02. The summed E-state index contributed by atoms with van der Waals surface area (Å²) < 4.78 is 21.8. The fourth-order valence-corrected chi connectivity index (χ4v) is 16.4. The minimum Gasteiger partial charge on any atom is -0.454 e. The number of hydrogen-bond acceptors (Lipinski definition) is 6. The first-order valence-electron chi connectivity index (χ1n) is 37.2. The molecule has 17 rings (SSSR count). The highest BCUT2D eigenvalue weighted by Crippen LogP contribution is 2.63. The Balaban J connectivity index is 1.00. The molecule has 16 aromatic rings. The van der Waals surface area contributed by atoms with Crippen molar-refractivity contribution < 1.29 is 13.3 Å². The number of rotatable bonds is 11. The molecule has 0 saturated heterocycles. The summed E-state index contributed by atoms with van der Waals surface area (Å²) in [6, 6.07) is 104. The molecule has 0 saturated carbocycles. The lowest BCUT2D eigenvalue weighted by atomic mass is 9.67. The molecule has 0 aliphatic heterocycles. The van der Waals surface area contributed by atoms with Crippen LogP contribution in [0.1, 0.15) is 154 Å². The quantitative estimate of drug-likeness (QED) is 0.129. The van der Waals surface area contributed by atoms with E-state index in [4.69, 9.17) is 13.3 Å². The van der Waals surface area contributed by atoms with Crippen LogP contribution in [-0.4, -0.2) is 0 Å². The van der Waals surface area contributed by atoms with Crippen LogP contribution in [-0.2, 0) is 32.5 Å². The molecule has 0 spiro atoms. The van der Waals surface area contributed by atoms with E-state index in [1.54, 1.807) is 0 Å². The van der Waals surface area contributed by atoms with Crippen molar-refractivity contribution in [3.63, 3.8) is 0 Å². The van der Waals surface area contributed by atoms with Gasteiger partial charge in [-0.05, 0) is 197 Å². The van der Waals surface area contributed by atoms with Crippen LogP contribution in [0, 0.1) is 0 Å². The minimum absolute atomic E-state index is 0.0238. The molecule has 0 radical (unpaired) electrons. The molecule has 6 nitrogen and oxygen atoms in total. The van der Waals surface area contributed by atoms with Gasteiger partial charge in [-0.15, -0.1) is 0 Å². The van der Waals surface area contributed by atoms with Crippen molar-refractivity contribution in [1.29, 1.82) is 0 Å². The van der Waals surface area contributed by atoms with E-state index in [0.29, 0.717) is 0 Å². The van der Waals surface area contributed by atoms with Gasteiger partial charge in [0.2, 0.25) is 0 Å². The van der Waals surface area contributed by atoms with Crippen LogP contribution in [0.15, 0.2) is 292 Å². The van der Waals surface area contributed by atoms with Crippen LogP contribution in [0.25, 0.3) is 76.9 Å². The molecule has 3 aromatic heterocycles. The highest BCUT2D eigenvalue weighted by Gasteiger charge is 2.49. The highest BCUT2D eigenvalue weighted by molar-refractivity contribution is 6.21. The van der Waals surface area contributed by atoms with Gasteiger partial charge in [0.1, 0.15) is 16.7 Å². The molecule has 13 aromatic carbocycles. The maximum atomic E-state index is 7.59. The zero-order chi connectivity index (χ0) is 72.9. The van der Waals surface area contributed by atoms with Crippen molar-refractivity contribution in [2.75, 3.05) is 14.7 Å². The molecule has 105 heavy (non-hydrogen) atoms. The van der Waals surface area contributed by atoms with Crippen LogP contribution >= 0.6 is 0 Å². The van der Waals surface area contributed by atoms with Gasteiger partial charge >= 0.3 is 0 Å². The van der Waals surface area contributed by atoms with Crippen molar-refractivity contribution in [2.24, 2.45) is 0 Å². The Morgan fingerprint density at radius 1 is 0.248 bits per heavy atom. The maximum Gasteiger partial charge on any atom is 0.160 e. The lowest BCUT2D eigenvalue weighted by Gasteiger charge is -2.36. The Bertz CT molecular complexity index is 5960. The molecule has 1 atom stereocenters. The zero-order valence-corrected chi connectivity index (χ0v) is 63.1. The van der Waals surface area contributed by atoms with Crippen molar-refractivity contribution in [2.45, 2.75) is 136 Å². The molecule has 0 N–H and O–H groups in total. The summed E-state index contributed by atoms with van der Waals surface area (Å²) >= 11 is 0. The van der Waals surface area contributed by atoms with Gasteiger partial charge in [0.05, 0.1) is 22.5 Å². The van der Waals surface area contributed by atoms with Gasteiger partial charge in [-0.3, -0.25) is 0 Å². The molecule has 1 unspecified atom stereocenters. The zero-order valence-electron chi connectivity index (χ0n) is 63.1. The summed E-state index contributed by atoms with van der Waals surface area (Å²) in [5, 5.41) is 6.30. The van der Waals surface area contributed by atoms with E-state index in [1.165, 1.54) is 27.8 Å². The van der Waals surface area contributed by atoms with Gasteiger partial charge in [-0.25, -0.2) is 0 Å². The standard InChI is InChI=1S/C99H91N3O3/c1-94(2,3)62-34-36-67(37-35-62)99(68-46-56-71(57-47-68)100(69-48-38-63(39-49-69)95(4,5)6)70-50-40-64(41-51-70)96(7,8)9)81-60-74(101(72-52-42-65(43-53-72)97(10,11)12)83-29-22-27-77-75-24-16-19-31-86(75)103-91(77)83)58-59-79(81)89-82(99)61-85(93-90(89)80-26-18-21-33-88(80)105-93)102(73-54-44-66(45-55-73)98(13,14)15)84-30-23-28-78-76-25-17-20-32-87(76)104-92(78)84/h16-61H,1-15H3. The third-order valence-corrected chi connectivity index (χ3v) is 22.2. The largest absolute Gasteiger partial charge is 0.454 e. The Morgan fingerprint density at radius 2 is 0.571 bits per heavy atom. The van der Waals surface area contributed by atoms with Gasteiger partial charge in [0.15, 0.2) is 16.7 Å². The third-order valence-electron chi connectivity index (χ3n) is 22.2. The number of nitrogens with zero attached hydrogens (tertiary/aromatic N) is 3. The van der Waals surface area contributed by atoms with Crippen LogP contribution in [0.5, 0.6) is 0 Å². The number of fused-ring (bicyclic) bond motifs is 13. The molecule has 0 amide bonds. The van der Waals surface area contributed by atoms with Crippen LogP contribution < -0.4 is 14.7 Å². The number of para-hydroxylation sites is 5. The molecule has 3 heterocycles. The Kier molecular flexibility index (Phi) is 15.5. The molecule has 520 valence electrons. The van der Waals surface area contributed by atoms with E-state index >= 15 is 0 Å². The number of benzene rings is 13. The van der Waals surface area contributed by atoms with Crippen molar-refractivity contribution in [3.05, 3.63) is 329 Å². The molecule has 1 aliphatic carbocycles. The van der Waals surface area contributed by atoms with Crippen molar-refractivity contribution in [1.82, 2.24) is 0 Å². The molecule has 6 heteroatoms. The van der Waals surface area contributed by atoms with Gasteiger partial charge in [0, 0.05) is 66.4 Å². The summed E-state index contributed by atoms with van der Waals surface area (Å²) in [4.78, 5) is 7.26. The first-order chi connectivity index (χ1) is 50.2.